The summed E-state index contributed by atoms with van der Waals surface area (Å²) in [6, 6.07) is 5.95. The van der Waals surface area contributed by atoms with Gasteiger partial charge in [0.2, 0.25) is 0 Å². The van der Waals surface area contributed by atoms with Crippen LogP contribution in [0.5, 0.6) is 5.75 Å². The van der Waals surface area contributed by atoms with Crippen molar-refractivity contribution in [2.75, 3.05) is 19.7 Å². The first-order valence-electron chi connectivity index (χ1n) is 8.12. The molecule has 1 aromatic rings. The van der Waals surface area contributed by atoms with Gasteiger partial charge in [0.15, 0.2) is 6.61 Å². The van der Waals surface area contributed by atoms with Crippen LogP contribution in [-0.4, -0.2) is 31.3 Å². The Hall–Kier alpha value is -1.55. The molecule has 0 aliphatic carbocycles. The minimum Gasteiger partial charge on any atom is -0.481 e. The molecule has 0 aromatic heterocycles. The highest BCUT2D eigenvalue weighted by Crippen LogP contribution is 2.28. The zero-order valence-corrected chi connectivity index (χ0v) is 14.1. The molecule has 4 nitrogen and oxygen atoms in total. The molecule has 4 heteroatoms. The molecule has 0 atom stereocenters. The Bertz CT molecular complexity index is 499. The van der Waals surface area contributed by atoms with E-state index in [1.807, 2.05) is 45.9 Å². The van der Waals surface area contributed by atoms with E-state index in [4.69, 9.17) is 9.47 Å². The molecule has 0 amide bonds. The fraction of sp³-hybridized carbons (Fsp3) is 0.611. The Morgan fingerprint density at radius 3 is 2.41 bits per heavy atom. The highest BCUT2D eigenvalue weighted by atomic mass is 16.6. The number of quaternary nitrogens is 1. The van der Waals surface area contributed by atoms with Crippen LogP contribution in [0.3, 0.4) is 0 Å². The topological polar surface area (TPSA) is 52.1 Å². The number of nitrogens with two attached hydrogens (primary N) is 1. The van der Waals surface area contributed by atoms with Crippen molar-refractivity contribution in [3.05, 3.63) is 29.3 Å². The summed E-state index contributed by atoms with van der Waals surface area (Å²) in [7, 11) is 0. The number of hydrogen-bond acceptors (Lipinski definition) is 3. The highest BCUT2D eigenvalue weighted by Gasteiger charge is 2.35. The van der Waals surface area contributed by atoms with Crippen molar-refractivity contribution in [3.63, 3.8) is 0 Å². The van der Waals surface area contributed by atoms with Gasteiger partial charge in [0.05, 0.1) is 13.1 Å². The number of carbonyl (C=O) groups is 1. The maximum Gasteiger partial charge on any atom is 0.344 e. The minimum atomic E-state index is -0.421. The van der Waals surface area contributed by atoms with E-state index in [-0.39, 0.29) is 12.6 Å². The molecular weight excluding hydrogens is 278 g/mol. The number of para-hydroxylation sites is 1. The molecule has 0 bridgehead atoms. The molecule has 0 spiro atoms. The average Bonchev–Trinajstić information content (AvgIpc) is 2.47. The monoisotopic (exact) mass is 306 g/mol. The molecule has 1 saturated heterocycles. The molecule has 0 saturated carbocycles. The van der Waals surface area contributed by atoms with E-state index in [0.29, 0.717) is 5.92 Å². The van der Waals surface area contributed by atoms with Gasteiger partial charge in [0.25, 0.3) is 0 Å². The normalized spacial score (nSPS) is 16.4. The van der Waals surface area contributed by atoms with Crippen LogP contribution in [0, 0.1) is 19.8 Å². The van der Waals surface area contributed by atoms with E-state index in [1.54, 1.807) is 0 Å². The van der Waals surface area contributed by atoms with Crippen molar-refractivity contribution in [1.29, 1.82) is 0 Å². The van der Waals surface area contributed by atoms with Crippen molar-refractivity contribution in [2.24, 2.45) is 5.92 Å². The van der Waals surface area contributed by atoms with Gasteiger partial charge in [-0.25, -0.2) is 4.79 Å². The van der Waals surface area contributed by atoms with Crippen molar-refractivity contribution in [2.45, 2.75) is 46.1 Å². The van der Waals surface area contributed by atoms with Crippen molar-refractivity contribution in [1.82, 2.24) is 0 Å². The maximum absolute atomic E-state index is 12.1. The van der Waals surface area contributed by atoms with Crippen LogP contribution in [0.1, 0.15) is 37.8 Å². The first kappa shape index (κ1) is 16.8. The highest BCUT2D eigenvalue weighted by molar-refractivity contribution is 5.71. The largest absolute Gasteiger partial charge is 0.481 e. The summed E-state index contributed by atoms with van der Waals surface area (Å²) < 4.78 is 11.4. The van der Waals surface area contributed by atoms with Crippen LogP contribution in [0.2, 0.25) is 0 Å². The fourth-order valence-electron chi connectivity index (χ4n) is 3.19. The second-order valence-corrected chi connectivity index (χ2v) is 6.73. The average molecular weight is 306 g/mol. The van der Waals surface area contributed by atoms with Crippen LogP contribution < -0.4 is 10.1 Å². The first-order chi connectivity index (χ1) is 10.4. The molecule has 2 N–H and O–H groups in total. The lowest BCUT2D eigenvalue weighted by Gasteiger charge is -2.35. The second-order valence-electron chi connectivity index (χ2n) is 6.73. The molecule has 0 unspecified atom stereocenters. The van der Waals surface area contributed by atoms with E-state index in [9.17, 15) is 4.79 Å². The lowest BCUT2D eigenvalue weighted by atomic mass is 9.83. The minimum absolute atomic E-state index is 0.0338. The molecule has 1 aliphatic heterocycles. The number of hydrogen-bond donors (Lipinski definition) is 1. The van der Waals surface area contributed by atoms with Gasteiger partial charge >= 0.3 is 5.97 Å². The van der Waals surface area contributed by atoms with Gasteiger partial charge in [-0.15, -0.1) is 0 Å². The number of piperidine rings is 1. The Labute approximate surface area is 133 Å². The van der Waals surface area contributed by atoms with Gasteiger partial charge in [-0.1, -0.05) is 18.2 Å². The second kappa shape index (κ2) is 7.14. The Morgan fingerprint density at radius 2 is 1.82 bits per heavy atom. The van der Waals surface area contributed by atoms with Gasteiger partial charge < -0.3 is 14.8 Å². The van der Waals surface area contributed by atoms with E-state index in [0.717, 1.165) is 42.8 Å². The molecule has 2 rings (SSSR count). The summed E-state index contributed by atoms with van der Waals surface area (Å²) in [6.07, 6.45) is 2.19. The van der Waals surface area contributed by atoms with E-state index >= 15 is 0 Å². The quantitative estimate of drug-likeness (QED) is 0.846. The van der Waals surface area contributed by atoms with Gasteiger partial charge in [0.1, 0.15) is 11.4 Å². The van der Waals surface area contributed by atoms with Crippen molar-refractivity contribution < 1.29 is 19.6 Å². The standard InChI is InChI=1S/C18H27NO3/c1-13-6-5-7-14(2)17(13)21-12-16(20)22-18(3,4)15-8-10-19-11-9-15/h5-7,15,19H,8-12H2,1-4H3/p+1. The summed E-state index contributed by atoms with van der Waals surface area (Å²) in [5.74, 6) is 0.924. The third-order valence-corrected chi connectivity index (χ3v) is 4.54. The molecule has 1 fully saturated rings. The fourth-order valence-corrected chi connectivity index (χ4v) is 3.19. The first-order valence-corrected chi connectivity index (χ1v) is 8.12. The van der Waals surface area contributed by atoms with Crippen LogP contribution >= 0.6 is 0 Å². The Morgan fingerprint density at radius 1 is 1.23 bits per heavy atom. The number of rotatable bonds is 5. The smallest absolute Gasteiger partial charge is 0.344 e. The Balaban J connectivity index is 1.89. The third kappa shape index (κ3) is 4.23. The molecule has 0 radical (unpaired) electrons. The molecule has 1 heterocycles. The van der Waals surface area contributed by atoms with Gasteiger partial charge in [-0.05, 0) is 38.8 Å². The molecular formula is C18H28NO3+. The summed E-state index contributed by atoms with van der Waals surface area (Å²) in [6.45, 7) is 10.2. The third-order valence-electron chi connectivity index (χ3n) is 4.54. The van der Waals surface area contributed by atoms with Gasteiger partial charge in [0, 0.05) is 18.8 Å². The van der Waals surface area contributed by atoms with E-state index in [2.05, 4.69) is 5.32 Å². The van der Waals surface area contributed by atoms with Gasteiger partial charge in [-0.2, -0.15) is 0 Å². The van der Waals surface area contributed by atoms with Crippen LogP contribution in [-0.2, 0) is 9.53 Å². The van der Waals surface area contributed by atoms with E-state index in [1.165, 1.54) is 0 Å². The Kier molecular flexibility index (Phi) is 5.46. The van der Waals surface area contributed by atoms with E-state index < -0.39 is 5.60 Å². The lowest BCUT2D eigenvalue weighted by Crippen LogP contribution is -2.86. The number of carbonyl (C=O) groups excluding carboxylic acids is 1. The SMILES string of the molecule is Cc1cccc(C)c1OCC(=O)OC(C)(C)C1CC[NH2+]CC1. The summed E-state index contributed by atoms with van der Waals surface area (Å²) in [5, 5.41) is 2.32. The molecule has 1 aliphatic rings. The zero-order chi connectivity index (χ0) is 16.2. The number of esters is 1. The lowest BCUT2D eigenvalue weighted by molar-refractivity contribution is -0.665. The summed E-state index contributed by atoms with van der Waals surface area (Å²) >= 11 is 0. The summed E-state index contributed by atoms with van der Waals surface area (Å²) in [4.78, 5) is 12.1. The van der Waals surface area contributed by atoms with Crippen LogP contribution in [0.15, 0.2) is 18.2 Å². The van der Waals surface area contributed by atoms with Crippen molar-refractivity contribution >= 4 is 5.97 Å². The molecule has 22 heavy (non-hydrogen) atoms. The number of benzene rings is 1. The summed E-state index contributed by atoms with van der Waals surface area (Å²) in [5.41, 5.74) is 1.65. The number of ether oxygens (including phenoxy) is 2. The van der Waals surface area contributed by atoms with Crippen LogP contribution in [0.25, 0.3) is 0 Å². The predicted octanol–water partition coefficient (Wildman–Crippen LogP) is 1.98. The maximum atomic E-state index is 12.1. The van der Waals surface area contributed by atoms with Crippen molar-refractivity contribution in [3.8, 4) is 5.75 Å². The number of aryl methyl sites for hydroxylation is 2. The van der Waals surface area contributed by atoms with Crippen LogP contribution in [0.4, 0.5) is 0 Å². The molecule has 122 valence electrons. The predicted molar refractivity (Wildman–Crippen MR) is 86.0 cm³/mol. The zero-order valence-electron chi connectivity index (χ0n) is 14.1. The van der Waals surface area contributed by atoms with Gasteiger partial charge in [-0.3, -0.25) is 0 Å². The molecule has 1 aromatic carbocycles.